The summed E-state index contributed by atoms with van der Waals surface area (Å²) in [7, 11) is 1.52. The molecule has 0 heterocycles. The second-order valence-electron chi connectivity index (χ2n) is 1.40. The lowest BCUT2D eigenvalue weighted by molar-refractivity contribution is 0.210. The number of aliphatic hydroxyl groups excluding tert-OH is 1. The van der Waals surface area contributed by atoms with Gasteiger partial charge >= 0.3 is 5.37 Å². The van der Waals surface area contributed by atoms with Crippen LogP contribution in [0.3, 0.4) is 0 Å². The molecule has 0 aromatic carbocycles. The third-order valence-electron chi connectivity index (χ3n) is 0.736. The van der Waals surface area contributed by atoms with Crippen LogP contribution in [0.1, 0.15) is 0 Å². The Kier molecular flexibility index (Phi) is 3.56. The summed E-state index contributed by atoms with van der Waals surface area (Å²) in [5.74, 6) is 0. The van der Waals surface area contributed by atoms with Gasteiger partial charge in [0.2, 0.25) is 0 Å². The van der Waals surface area contributed by atoms with Crippen molar-refractivity contribution >= 4 is 17.0 Å². The Morgan fingerprint density at radius 1 is 1.88 bits per heavy atom. The van der Waals surface area contributed by atoms with Gasteiger partial charge in [0, 0.05) is 13.6 Å². The number of nitrogens with zero attached hydrogens (tertiary/aromatic N) is 1. The number of halogens is 1. The standard InChI is InChI=1S/C4H8ClNO2/c1-6(2-3-7)4(5)8/h7H,2-3H2,1H3. The minimum Gasteiger partial charge on any atom is -0.395 e. The zero-order valence-electron chi connectivity index (χ0n) is 4.59. The monoisotopic (exact) mass is 137 g/mol. The highest BCUT2D eigenvalue weighted by Gasteiger charge is 2.00. The largest absolute Gasteiger partial charge is 0.395 e. The molecule has 48 valence electrons. The van der Waals surface area contributed by atoms with Crippen LogP contribution in [0.2, 0.25) is 0 Å². The van der Waals surface area contributed by atoms with E-state index in [-0.39, 0.29) is 6.61 Å². The highest BCUT2D eigenvalue weighted by atomic mass is 35.5. The molecule has 8 heavy (non-hydrogen) atoms. The lowest BCUT2D eigenvalue weighted by Crippen LogP contribution is -2.24. The molecule has 0 aromatic heterocycles. The topological polar surface area (TPSA) is 40.5 Å². The first-order chi connectivity index (χ1) is 3.68. The summed E-state index contributed by atoms with van der Waals surface area (Å²) in [5, 5.41) is 7.69. The van der Waals surface area contributed by atoms with Gasteiger partial charge in [0.15, 0.2) is 0 Å². The second-order valence-corrected chi connectivity index (χ2v) is 1.72. The van der Waals surface area contributed by atoms with E-state index in [1.165, 1.54) is 11.9 Å². The fraction of sp³-hybridized carbons (Fsp3) is 0.750. The average molecular weight is 138 g/mol. The minimum atomic E-state index is -0.543. The van der Waals surface area contributed by atoms with E-state index in [0.717, 1.165) is 0 Å². The smallest absolute Gasteiger partial charge is 0.316 e. The van der Waals surface area contributed by atoms with Gasteiger partial charge in [-0.2, -0.15) is 0 Å². The Bertz CT molecular complexity index is 86.1. The van der Waals surface area contributed by atoms with E-state index in [1.807, 2.05) is 0 Å². The maximum Gasteiger partial charge on any atom is 0.316 e. The molecule has 1 amide bonds. The molecule has 0 aliphatic carbocycles. The van der Waals surface area contributed by atoms with Crippen LogP contribution in [0.4, 0.5) is 4.79 Å². The van der Waals surface area contributed by atoms with Crippen LogP contribution in [0.15, 0.2) is 0 Å². The average Bonchev–Trinajstić information content (AvgIpc) is 1.67. The number of carbonyl (C=O) groups excluding carboxylic acids is 1. The van der Waals surface area contributed by atoms with E-state index in [4.69, 9.17) is 16.7 Å². The normalized spacial score (nSPS) is 8.88. The first-order valence-corrected chi connectivity index (χ1v) is 2.57. The maximum atomic E-state index is 10.1. The van der Waals surface area contributed by atoms with Crippen LogP contribution in [-0.2, 0) is 0 Å². The van der Waals surface area contributed by atoms with Gasteiger partial charge in [-0.05, 0) is 11.6 Å². The second kappa shape index (κ2) is 3.69. The zero-order valence-corrected chi connectivity index (χ0v) is 5.35. The van der Waals surface area contributed by atoms with Gasteiger partial charge in [-0.3, -0.25) is 4.79 Å². The molecule has 0 radical (unpaired) electrons. The SMILES string of the molecule is CN(CCO)C(=O)Cl. The molecule has 4 heteroatoms. The van der Waals surface area contributed by atoms with E-state index in [1.54, 1.807) is 0 Å². The van der Waals surface area contributed by atoms with Crippen molar-refractivity contribution in [3.63, 3.8) is 0 Å². The van der Waals surface area contributed by atoms with Crippen molar-refractivity contribution in [1.29, 1.82) is 0 Å². The first-order valence-electron chi connectivity index (χ1n) is 2.20. The number of hydrogen-bond acceptors (Lipinski definition) is 2. The van der Waals surface area contributed by atoms with E-state index in [9.17, 15) is 4.79 Å². The van der Waals surface area contributed by atoms with E-state index < -0.39 is 5.37 Å². The third-order valence-corrected chi connectivity index (χ3v) is 1.02. The number of hydrogen-bond donors (Lipinski definition) is 1. The number of rotatable bonds is 2. The molecule has 3 nitrogen and oxygen atoms in total. The van der Waals surface area contributed by atoms with Gasteiger partial charge in [-0.25, -0.2) is 0 Å². The van der Waals surface area contributed by atoms with Crippen LogP contribution in [0.5, 0.6) is 0 Å². The van der Waals surface area contributed by atoms with Gasteiger partial charge in [-0.1, -0.05) is 0 Å². The van der Waals surface area contributed by atoms with Gasteiger partial charge in [0.25, 0.3) is 0 Å². The number of likely N-dealkylation sites (N-methyl/N-ethyl adjacent to an activating group) is 1. The van der Waals surface area contributed by atoms with E-state index in [0.29, 0.717) is 6.54 Å². The van der Waals surface area contributed by atoms with Crippen molar-refractivity contribution in [3.05, 3.63) is 0 Å². The highest BCUT2D eigenvalue weighted by molar-refractivity contribution is 6.62. The van der Waals surface area contributed by atoms with Crippen molar-refractivity contribution in [3.8, 4) is 0 Å². The van der Waals surface area contributed by atoms with Crippen LogP contribution < -0.4 is 0 Å². The summed E-state index contributed by atoms with van der Waals surface area (Å²) >= 11 is 4.98. The Balaban J connectivity index is 3.32. The molecule has 0 atom stereocenters. The van der Waals surface area contributed by atoms with Gasteiger partial charge in [0.1, 0.15) is 0 Å². The molecule has 0 aliphatic rings. The van der Waals surface area contributed by atoms with Crippen LogP contribution in [0.25, 0.3) is 0 Å². The molecule has 0 rings (SSSR count). The quantitative estimate of drug-likeness (QED) is 0.439. The third kappa shape index (κ3) is 2.82. The van der Waals surface area contributed by atoms with Crippen molar-refractivity contribution < 1.29 is 9.90 Å². The molecule has 1 N–H and O–H groups in total. The van der Waals surface area contributed by atoms with Crippen LogP contribution in [0, 0.1) is 0 Å². The van der Waals surface area contributed by atoms with Crippen LogP contribution in [-0.4, -0.2) is 35.6 Å². The molecule has 0 aromatic rings. The Hall–Kier alpha value is -0.280. The van der Waals surface area contributed by atoms with Crippen LogP contribution >= 0.6 is 11.6 Å². The van der Waals surface area contributed by atoms with Crippen molar-refractivity contribution in [1.82, 2.24) is 4.90 Å². The molecule has 0 saturated carbocycles. The number of amides is 1. The lowest BCUT2D eigenvalue weighted by atomic mass is 10.6. The van der Waals surface area contributed by atoms with Crippen molar-refractivity contribution in [2.24, 2.45) is 0 Å². The zero-order chi connectivity index (χ0) is 6.57. The van der Waals surface area contributed by atoms with Crippen molar-refractivity contribution in [2.45, 2.75) is 0 Å². The molecular weight excluding hydrogens is 130 g/mol. The molecule has 0 aliphatic heterocycles. The van der Waals surface area contributed by atoms with Crippen molar-refractivity contribution in [2.75, 3.05) is 20.2 Å². The Morgan fingerprint density at radius 2 is 2.38 bits per heavy atom. The lowest BCUT2D eigenvalue weighted by Gasteiger charge is -2.09. The summed E-state index contributed by atoms with van der Waals surface area (Å²) in [6, 6.07) is 0. The molecule has 0 bridgehead atoms. The predicted molar refractivity (Wildman–Crippen MR) is 31.0 cm³/mol. The summed E-state index contributed by atoms with van der Waals surface area (Å²) in [6.07, 6.45) is 0. The number of carbonyl (C=O) groups is 1. The summed E-state index contributed by atoms with van der Waals surface area (Å²) in [6.45, 7) is 0.247. The molecule has 0 spiro atoms. The summed E-state index contributed by atoms with van der Waals surface area (Å²) in [5.41, 5.74) is 0. The minimum absolute atomic E-state index is 0.0467. The van der Waals surface area contributed by atoms with Gasteiger partial charge < -0.3 is 10.0 Å². The summed E-state index contributed by atoms with van der Waals surface area (Å²) in [4.78, 5) is 11.3. The number of aliphatic hydroxyl groups is 1. The Labute approximate surface area is 52.9 Å². The molecular formula is C4H8ClNO2. The van der Waals surface area contributed by atoms with E-state index >= 15 is 0 Å². The Morgan fingerprint density at radius 3 is 2.50 bits per heavy atom. The first kappa shape index (κ1) is 7.72. The molecule has 0 fully saturated rings. The molecule has 0 saturated heterocycles. The van der Waals surface area contributed by atoms with Gasteiger partial charge in [-0.15, -0.1) is 0 Å². The fourth-order valence-electron chi connectivity index (χ4n) is 0.238. The summed E-state index contributed by atoms with van der Waals surface area (Å²) < 4.78 is 0. The van der Waals surface area contributed by atoms with Gasteiger partial charge in [0.05, 0.1) is 6.61 Å². The molecule has 0 unspecified atom stereocenters. The fourth-order valence-corrected chi connectivity index (χ4v) is 0.322. The predicted octanol–water partition coefficient (Wildman–Crippen LogP) is 0.269. The van der Waals surface area contributed by atoms with E-state index in [2.05, 4.69) is 0 Å². The highest BCUT2D eigenvalue weighted by Crippen LogP contribution is 1.88. The maximum absolute atomic E-state index is 10.1.